The molecule has 0 radical (unpaired) electrons. The molecule has 0 saturated carbocycles. The Balaban J connectivity index is 2.14. The molecule has 0 heterocycles. The van der Waals surface area contributed by atoms with Crippen molar-refractivity contribution < 1.29 is 4.79 Å². The first-order valence-electron chi connectivity index (χ1n) is 6.71. The van der Waals surface area contributed by atoms with Gasteiger partial charge in [-0.2, -0.15) is 0 Å². The van der Waals surface area contributed by atoms with Crippen LogP contribution < -0.4 is 5.32 Å². The molecule has 3 heteroatoms. The molecule has 20 heavy (non-hydrogen) atoms. The molecule has 104 valence electrons. The zero-order chi connectivity index (χ0) is 14.5. The Morgan fingerprint density at radius 2 is 1.75 bits per heavy atom. The van der Waals surface area contributed by atoms with E-state index in [1.807, 2.05) is 42.5 Å². The van der Waals surface area contributed by atoms with Gasteiger partial charge in [-0.1, -0.05) is 36.4 Å². The molecule has 0 aliphatic rings. The molecule has 0 bridgehead atoms. The SMILES string of the molecule is CC(Nc1cccc(C(=O)N(C)C)c1)c1ccccc1. The molecule has 0 saturated heterocycles. The van der Waals surface area contributed by atoms with Crippen LogP contribution >= 0.6 is 0 Å². The van der Waals surface area contributed by atoms with E-state index in [4.69, 9.17) is 0 Å². The number of nitrogens with one attached hydrogen (secondary N) is 1. The summed E-state index contributed by atoms with van der Waals surface area (Å²) in [7, 11) is 3.52. The summed E-state index contributed by atoms with van der Waals surface area (Å²) in [6.45, 7) is 2.11. The zero-order valence-electron chi connectivity index (χ0n) is 12.1. The van der Waals surface area contributed by atoms with Crippen LogP contribution in [0.2, 0.25) is 0 Å². The van der Waals surface area contributed by atoms with Gasteiger partial charge < -0.3 is 10.2 Å². The smallest absolute Gasteiger partial charge is 0.253 e. The highest BCUT2D eigenvalue weighted by molar-refractivity contribution is 5.94. The lowest BCUT2D eigenvalue weighted by atomic mass is 10.1. The lowest BCUT2D eigenvalue weighted by Gasteiger charge is -2.17. The highest BCUT2D eigenvalue weighted by Gasteiger charge is 2.09. The van der Waals surface area contributed by atoms with Crippen LogP contribution in [-0.2, 0) is 0 Å². The van der Waals surface area contributed by atoms with Gasteiger partial charge in [-0.05, 0) is 30.7 Å². The van der Waals surface area contributed by atoms with Crippen molar-refractivity contribution in [1.29, 1.82) is 0 Å². The zero-order valence-corrected chi connectivity index (χ0v) is 12.1. The monoisotopic (exact) mass is 268 g/mol. The van der Waals surface area contributed by atoms with E-state index in [1.54, 1.807) is 19.0 Å². The summed E-state index contributed by atoms with van der Waals surface area (Å²) in [6, 6.07) is 18.0. The second-order valence-electron chi connectivity index (χ2n) is 5.06. The van der Waals surface area contributed by atoms with Crippen molar-refractivity contribution >= 4 is 11.6 Å². The van der Waals surface area contributed by atoms with Crippen LogP contribution in [0.25, 0.3) is 0 Å². The normalized spacial score (nSPS) is 11.8. The first-order chi connectivity index (χ1) is 9.58. The summed E-state index contributed by atoms with van der Waals surface area (Å²) in [5.74, 6) is 0.0148. The quantitative estimate of drug-likeness (QED) is 0.919. The maximum Gasteiger partial charge on any atom is 0.253 e. The Bertz CT molecular complexity index is 579. The third-order valence-corrected chi connectivity index (χ3v) is 3.20. The number of nitrogens with zero attached hydrogens (tertiary/aromatic N) is 1. The van der Waals surface area contributed by atoms with Crippen molar-refractivity contribution in [3.8, 4) is 0 Å². The molecule has 0 fully saturated rings. The van der Waals surface area contributed by atoms with E-state index in [2.05, 4.69) is 24.4 Å². The average Bonchev–Trinajstić information content (AvgIpc) is 2.47. The Hall–Kier alpha value is -2.29. The minimum atomic E-state index is 0.0148. The predicted molar refractivity (Wildman–Crippen MR) is 82.9 cm³/mol. The van der Waals surface area contributed by atoms with Gasteiger partial charge in [0.25, 0.3) is 5.91 Å². The fraction of sp³-hybridized carbons (Fsp3) is 0.235. The molecular weight excluding hydrogens is 248 g/mol. The largest absolute Gasteiger partial charge is 0.379 e. The average molecular weight is 268 g/mol. The first-order valence-corrected chi connectivity index (χ1v) is 6.71. The highest BCUT2D eigenvalue weighted by atomic mass is 16.2. The van der Waals surface area contributed by atoms with Crippen LogP contribution in [0.3, 0.4) is 0 Å². The van der Waals surface area contributed by atoms with E-state index in [1.165, 1.54) is 5.56 Å². The van der Waals surface area contributed by atoms with Gasteiger partial charge in [0.05, 0.1) is 0 Å². The van der Waals surface area contributed by atoms with Crippen molar-refractivity contribution in [2.75, 3.05) is 19.4 Å². The number of carbonyl (C=O) groups is 1. The number of benzene rings is 2. The minimum absolute atomic E-state index is 0.0148. The van der Waals surface area contributed by atoms with E-state index >= 15 is 0 Å². The van der Waals surface area contributed by atoms with Crippen LogP contribution in [-0.4, -0.2) is 24.9 Å². The topological polar surface area (TPSA) is 32.3 Å². The number of anilines is 1. The van der Waals surface area contributed by atoms with Crippen molar-refractivity contribution in [1.82, 2.24) is 4.90 Å². The molecule has 0 aliphatic carbocycles. The lowest BCUT2D eigenvalue weighted by molar-refractivity contribution is 0.0827. The third-order valence-electron chi connectivity index (χ3n) is 3.20. The Kier molecular flexibility index (Phi) is 4.41. The van der Waals surface area contributed by atoms with E-state index in [9.17, 15) is 4.79 Å². The van der Waals surface area contributed by atoms with Crippen LogP contribution in [0.5, 0.6) is 0 Å². The molecule has 3 nitrogen and oxygen atoms in total. The second-order valence-corrected chi connectivity index (χ2v) is 5.06. The standard InChI is InChI=1S/C17H20N2O/c1-13(14-8-5-4-6-9-14)18-16-11-7-10-15(12-16)17(20)19(2)3/h4-13,18H,1-3H3. The van der Waals surface area contributed by atoms with Gasteiger partial charge in [0, 0.05) is 31.4 Å². The van der Waals surface area contributed by atoms with Crippen molar-refractivity contribution in [2.24, 2.45) is 0 Å². The van der Waals surface area contributed by atoms with E-state index in [0.717, 1.165) is 5.69 Å². The molecule has 0 aliphatic heterocycles. The van der Waals surface area contributed by atoms with Crippen LogP contribution in [0, 0.1) is 0 Å². The minimum Gasteiger partial charge on any atom is -0.379 e. The van der Waals surface area contributed by atoms with Crippen molar-refractivity contribution in [3.05, 3.63) is 65.7 Å². The van der Waals surface area contributed by atoms with Gasteiger partial charge in [0.1, 0.15) is 0 Å². The Labute approximate surface area is 120 Å². The van der Waals surface area contributed by atoms with Gasteiger partial charge in [-0.15, -0.1) is 0 Å². The molecule has 1 atom stereocenters. The number of hydrogen-bond donors (Lipinski definition) is 1. The fourth-order valence-electron chi connectivity index (χ4n) is 2.08. The van der Waals surface area contributed by atoms with Gasteiger partial charge >= 0.3 is 0 Å². The summed E-state index contributed by atoms with van der Waals surface area (Å²) in [5.41, 5.74) is 2.87. The summed E-state index contributed by atoms with van der Waals surface area (Å²) >= 11 is 0. The summed E-state index contributed by atoms with van der Waals surface area (Å²) in [4.78, 5) is 13.5. The van der Waals surface area contributed by atoms with Gasteiger partial charge in [-0.3, -0.25) is 4.79 Å². The second kappa shape index (κ2) is 6.24. The van der Waals surface area contributed by atoms with E-state index in [0.29, 0.717) is 5.56 Å². The summed E-state index contributed by atoms with van der Waals surface area (Å²) in [6.07, 6.45) is 0. The van der Waals surface area contributed by atoms with Crippen LogP contribution in [0.4, 0.5) is 5.69 Å². The maximum atomic E-state index is 12.0. The molecule has 2 aromatic rings. The summed E-state index contributed by atoms with van der Waals surface area (Å²) < 4.78 is 0. The lowest BCUT2D eigenvalue weighted by Crippen LogP contribution is -2.21. The number of amides is 1. The van der Waals surface area contributed by atoms with Crippen LogP contribution in [0.15, 0.2) is 54.6 Å². The number of hydrogen-bond acceptors (Lipinski definition) is 2. The fourth-order valence-corrected chi connectivity index (χ4v) is 2.08. The first kappa shape index (κ1) is 14.1. The number of carbonyl (C=O) groups excluding carboxylic acids is 1. The van der Waals surface area contributed by atoms with Gasteiger partial charge in [0.2, 0.25) is 0 Å². The number of rotatable bonds is 4. The molecule has 2 aromatic carbocycles. The summed E-state index contributed by atoms with van der Waals surface area (Å²) in [5, 5.41) is 3.42. The van der Waals surface area contributed by atoms with Crippen molar-refractivity contribution in [3.63, 3.8) is 0 Å². The molecule has 0 aromatic heterocycles. The van der Waals surface area contributed by atoms with E-state index < -0.39 is 0 Å². The molecular formula is C17H20N2O. The molecule has 0 spiro atoms. The predicted octanol–water partition coefficient (Wildman–Crippen LogP) is 3.56. The molecule has 2 rings (SSSR count). The maximum absolute atomic E-state index is 12.0. The van der Waals surface area contributed by atoms with Gasteiger partial charge in [-0.25, -0.2) is 0 Å². The van der Waals surface area contributed by atoms with E-state index in [-0.39, 0.29) is 11.9 Å². The third kappa shape index (κ3) is 3.38. The molecule has 1 amide bonds. The molecule has 1 unspecified atom stereocenters. The van der Waals surface area contributed by atoms with Gasteiger partial charge in [0.15, 0.2) is 0 Å². The van der Waals surface area contributed by atoms with Crippen molar-refractivity contribution in [2.45, 2.75) is 13.0 Å². The highest BCUT2D eigenvalue weighted by Crippen LogP contribution is 2.20. The Morgan fingerprint density at radius 1 is 1.05 bits per heavy atom. The molecule has 1 N–H and O–H groups in total. The Morgan fingerprint density at radius 3 is 2.40 bits per heavy atom. The van der Waals surface area contributed by atoms with Crippen LogP contribution in [0.1, 0.15) is 28.9 Å².